The first-order chi connectivity index (χ1) is 15.6. The molecule has 1 aliphatic heterocycles. The number of hydrogen-bond donors (Lipinski definition) is 2. The Morgan fingerprint density at radius 2 is 1.81 bits per heavy atom. The van der Waals surface area contributed by atoms with E-state index in [1.807, 2.05) is 17.5 Å². The van der Waals surface area contributed by atoms with Gasteiger partial charge in [-0.1, -0.05) is 6.07 Å². The summed E-state index contributed by atoms with van der Waals surface area (Å²) in [6.07, 6.45) is 1.62. The minimum atomic E-state index is -0.480. The molecule has 3 aromatic rings. The molecular formula is C23H20N2O6S. The summed E-state index contributed by atoms with van der Waals surface area (Å²) in [6.45, 7) is 0.137. The van der Waals surface area contributed by atoms with Crippen LogP contribution in [0, 0.1) is 0 Å². The lowest BCUT2D eigenvalue weighted by atomic mass is 10.1. The summed E-state index contributed by atoms with van der Waals surface area (Å²) in [5, 5.41) is 7.37. The second-order valence-corrected chi connectivity index (χ2v) is 7.60. The van der Waals surface area contributed by atoms with E-state index in [1.165, 1.54) is 25.6 Å². The second kappa shape index (κ2) is 9.44. The van der Waals surface area contributed by atoms with E-state index in [-0.39, 0.29) is 12.5 Å². The summed E-state index contributed by atoms with van der Waals surface area (Å²) >= 11 is 1.44. The van der Waals surface area contributed by atoms with Crippen molar-refractivity contribution >= 4 is 34.9 Å². The van der Waals surface area contributed by atoms with Gasteiger partial charge in [0, 0.05) is 22.2 Å². The third-order valence-electron chi connectivity index (χ3n) is 4.60. The van der Waals surface area contributed by atoms with Gasteiger partial charge in [0.25, 0.3) is 11.8 Å². The number of amides is 2. The molecule has 0 atom stereocenters. The Morgan fingerprint density at radius 3 is 2.56 bits per heavy atom. The average molecular weight is 452 g/mol. The van der Waals surface area contributed by atoms with E-state index >= 15 is 0 Å². The fraction of sp³-hybridized carbons (Fsp3) is 0.130. The van der Waals surface area contributed by atoms with E-state index in [0.717, 1.165) is 4.88 Å². The number of methoxy groups -OCH3 is 2. The van der Waals surface area contributed by atoms with Crippen LogP contribution in [0.3, 0.4) is 0 Å². The Morgan fingerprint density at radius 1 is 1.00 bits per heavy atom. The van der Waals surface area contributed by atoms with Crippen molar-refractivity contribution in [3.63, 3.8) is 0 Å². The number of nitrogens with one attached hydrogen (secondary N) is 2. The third-order valence-corrected chi connectivity index (χ3v) is 5.42. The van der Waals surface area contributed by atoms with Gasteiger partial charge in [-0.15, -0.1) is 11.3 Å². The standard InChI is InChI=1S/C23H20N2O6S/c1-28-18-7-5-14(10-20(18)29-2)22(26)25-17(12-16-4-3-9-32-16)23(27)24-15-6-8-19-21(11-15)31-13-30-19/h3-12H,13H2,1-2H3,(H,24,27)(H,25,26)/b17-12-. The summed E-state index contributed by atoms with van der Waals surface area (Å²) in [7, 11) is 3.00. The summed E-state index contributed by atoms with van der Waals surface area (Å²) in [4.78, 5) is 26.7. The molecule has 0 spiro atoms. The Balaban J connectivity index is 1.57. The summed E-state index contributed by atoms with van der Waals surface area (Å²) in [5.41, 5.74) is 0.914. The monoisotopic (exact) mass is 452 g/mol. The predicted molar refractivity (Wildman–Crippen MR) is 121 cm³/mol. The second-order valence-electron chi connectivity index (χ2n) is 6.62. The Bertz CT molecular complexity index is 1170. The van der Waals surface area contributed by atoms with Gasteiger partial charge in [0.15, 0.2) is 23.0 Å². The lowest BCUT2D eigenvalue weighted by molar-refractivity contribution is -0.113. The normalized spacial score (nSPS) is 12.2. The van der Waals surface area contributed by atoms with E-state index in [1.54, 1.807) is 42.5 Å². The molecule has 0 unspecified atom stereocenters. The first kappa shape index (κ1) is 21.3. The summed E-state index contributed by atoms with van der Waals surface area (Å²) in [6, 6.07) is 13.6. The zero-order chi connectivity index (χ0) is 22.5. The highest BCUT2D eigenvalue weighted by Gasteiger charge is 2.19. The average Bonchev–Trinajstić information content (AvgIpc) is 3.49. The quantitative estimate of drug-likeness (QED) is 0.528. The van der Waals surface area contributed by atoms with Crippen LogP contribution in [0.2, 0.25) is 0 Å². The topological polar surface area (TPSA) is 95.1 Å². The van der Waals surface area contributed by atoms with Gasteiger partial charge in [-0.3, -0.25) is 9.59 Å². The molecule has 0 radical (unpaired) electrons. The van der Waals surface area contributed by atoms with Gasteiger partial charge in [-0.05, 0) is 47.9 Å². The molecule has 0 bridgehead atoms. The Kier molecular flexibility index (Phi) is 6.27. The van der Waals surface area contributed by atoms with Crippen molar-refractivity contribution in [3.05, 3.63) is 70.0 Å². The van der Waals surface area contributed by atoms with Crippen molar-refractivity contribution < 1.29 is 28.5 Å². The minimum Gasteiger partial charge on any atom is -0.493 e. The molecule has 2 aromatic carbocycles. The number of benzene rings is 2. The van der Waals surface area contributed by atoms with Crippen molar-refractivity contribution in [1.29, 1.82) is 0 Å². The third kappa shape index (κ3) is 4.68. The van der Waals surface area contributed by atoms with E-state index in [2.05, 4.69) is 10.6 Å². The molecule has 8 nitrogen and oxygen atoms in total. The molecule has 2 amide bonds. The molecule has 9 heteroatoms. The fourth-order valence-electron chi connectivity index (χ4n) is 3.02. The van der Waals surface area contributed by atoms with Crippen LogP contribution in [0.25, 0.3) is 6.08 Å². The van der Waals surface area contributed by atoms with Crippen LogP contribution in [0.5, 0.6) is 23.0 Å². The van der Waals surface area contributed by atoms with Crippen molar-refractivity contribution in [2.24, 2.45) is 0 Å². The number of ether oxygens (including phenoxy) is 4. The van der Waals surface area contributed by atoms with Crippen LogP contribution in [-0.2, 0) is 4.79 Å². The number of carbonyl (C=O) groups is 2. The van der Waals surface area contributed by atoms with E-state index in [4.69, 9.17) is 18.9 Å². The van der Waals surface area contributed by atoms with Crippen LogP contribution in [-0.4, -0.2) is 32.8 Å². The lowest BCUT2D eigenvalue weighted by Gasteiger charge is -2.13. The predicted octanol–water partition coefficient (Wildman–Crippen LogP) is 3.90. The van der Waals surface area contributed by atoms with Crippen LogP contribution in [0.4, 0.5) is 5.69 Å². The highest BCUT2D eigenvalue weighted by Crippen LogP contribution is 2.34. The lowest BCUT2D eigenvalue weighted by Crippen LogP contribution is -2.30. The molecule has 0 fully saturated rings. The van der Waals surface area contributed by atoms with Gasteiger partial charge in [0.1, 0.15) is 5.70 Å². The Labute approximate surface area is 188 Å². The highest BCUT2D eigenvalue weighted by atomic mass is 32.1. The van der Waals surface area contributed by atoms with E-state index in [9.17, 15) is 9.59 Å². The number of anilines is 1. The maximum absolute atomic E-state index is 13.0. The molecular weight excluding hydrogens is 432 g/mol. The molecule has 0 saturated carbocycles. The molecule has 164 valence electrons. The number of hydrogen-bond acceptors (Lipinski definition) is 7. The van der Waals surface area contributed by atoms with E-state index < -0.39 is 11.8 Å². The number of fused-ring (bicyclic) bond motifs is 1. The SMILES string of the molecule is COc1ccc(C(=O)N/C(=C\c2cccs2)C(=O)Nc2ccc3c(c2)OCO3)cc1OC. The molecule has 0 saturated heterocycles. The minimum absolute atomic E-state index is 0.0879. The number of thiophene rings is 1. The maximum atomic E-state index is 13.0. The molecule has 0 aliphatic carbocycles. The summed E-state index contributed by atoms with van der Waals surface area (Å²) in [5.74, 6) is 1.12. The van der Waals surface area contributed by atoms with Crippen molar-refractivity contribution in [2.75, 3.05) is 26.3 Å². The zero-order valence-electron chi connectivity index (χ0n) is 17.3. The highest BCUT2D eigenvalue weighted by molar-refractivity contribution is 7.10. The molecule has 2 N–H and O–H groups in total. The molecule has 1 aromatic heterocycles. The number of rotatable bonds is 7. The zero-order valence-corrected chi connectivity index (χ0v) is 18.2. The van der Waals surface area contributed by atoms with Crippen molar-refractivity contribution in [2.45, 2.75) is 0 Å². The van der Waals surface area contributed by atoms with Crippen LogP contribution in [0.15, 0.2) is 59.6 Å². The van der Waals surface area contributed by atoms with Gasteiger partial charge in [-0.25, -0.2) is 0 Å². The van der Waals surface area contributed by atoms with Crippen molar-refractivity contribution in [1.82, 2.24) is 5.32 Å². The van der Waals surface area contributed by atoms with Gasteiger partial charge in [0.05, 0.1) is 14.2 Å². The van der Waals surface area contributed by atoms with Gasteiger partial charge in [0.2, 0.25) is 6.79 Å². The maximum Gasteiger partial charge on any atom is 0.272 e. The van der Waals surface area contributed by atoms with Crippen LogP contribution < -0.4 is 29.6 Å². The fourth-order valence-corrected chi connectivity index (χ4v) is 3.68. The summed E-state index contributed by atoms with van der Waals surface area (Å²) < 4.78 is 21.1. The van der Waals surface area contributed by atoms with E-state index in [0.29, 0.717) is 34.2 Å². The Hall–Kier alpha value is -3.98. The van der Waals surface area contributed by atoms with Crippen LogP contribution in [0.1, 0.15) is 15.2 Å². The van der Waals surface area contributed by atoms with Crippen molar-refractivity contribution in [3.8, 4) is 23.0 Å². The first-order valence-electron chi connectivity index (χ1n) is 9.57. The molecule has 4 rings (SSSR count). The number of carbonyl (C=O) groups excluding carboxylic acids is 2. The van der Waals surface area contributed by atoms with Gasteiger partial charge >= 0.3 is 0 Å². The first-order valence-corrected chi connectivity index (χ1v) is 10.4. The molecule has 1 aliphatic rings. The molecule has 32 heavy (non-hydrogen) atoms. The van der Waals surface area contributed by atoms with Gasteiger partial charge in [-0.2, -0.15) is 0 Å². The van der Waals surface area contributed by atoms with Crippen LogP contribution >= 0.6 is 11.3 Å². The van der Waals surface area contributed by atoms with Gasteiger partial charge < -0.3 is 29.6 Å². The molecule has 2 heterocycles. The largest absolute Gasteiger partial charge is 0.493 e. The smallest absolute Gasteiger partial charge is 0.272 e.